The van der Waals surface area contributed by atoms with Crippen LogP contribution in [0.25, 0.3) is 0 Å². The zero-order valence-electron chi connectivity index (χ0n) is 5.53. The van der Waals surface area contributed by atoms with Gasteiger partial charge in [0.2, 0.25) is 0 Å². The van der Waals surface area contributed by atoms with Gasteiger partial charge in [-0.3, -0.25) is 0 Å². The van der Waals surface area contributed by atoms with Gasteiger partial charge in [0.05, 0.1) is 0 Å². The van der Waals surface area contributed by atoms with E-state index in [1.807, 2.05) is 20.8 Å². The summed E-state index contributed by atoms with van der Waals surface area (Å²) in [6.45, 7) is 5.74. The summed E-state index contributed by atoms with van der Waals surface area (Å²) < 4.78 is 4.01. The Hall–Kier alpha value is 1.23. The van der Waals surface area contributed by atoms with E-state index >= 15 is 0 Å². The average Bonchev–Trinajstić information content (AvgIpc) is 1.14. The number of hydrogen-bond acceptors (Lipinski definition) is 1. The van der Waals surface area contributed by atoms with E-state index in [-0.39, 0.29) is 5.54 Å². The Morgan fingerprint density at radius 2 is 1.44 bits per heavy atom. The summed E-state index contributed by atoms with van der Waals surface area (Å²) in [5.41, 5.74) is -0.210. The van der Waals surface area contributed by atoms with Crippen molar-refractivity contribution in [1.82, 2.24) is 0 Å². The summed E-state index contributed by atoms with van der Waals surface area (Å²) in [6, 6.07) is 0. The molecule has 0 N–H and O–H groups in total. The topological polar surface area (TPSA) is 12.4 Å². The van der Waals surface area contributed by atoms with Crippen molar-refractivity contribution in [3.63, 3.8) is 0 Å². The number of nitrogens with zero attached hydrogens (tertiary/aromatic N) is 1. The van der Waals surface area contributed by atoms with Gasteiger partial charge in [-0.1, -0.05) is 0 Å². The number of rotatable bonds is 0. The van der Waals surface area contributed by atoms with Crippen LogP contribution in [0.4, 0.5) is 0 Å². The Bertz CT molecular complexity index is 134. The molecule has 0 aromatic heterocycles. The molecule has 56 valence electrons. The van der Waals surface area contributed by atoms with Crippen molar-refractivity contribution in [2.45, 2.75) is 26.3 Å². The molecule has 0 rings (SSSR count). The SMILES string of the molecule is CC(C)(C)N=[As](Cl)(Cl)Cl. The third-order valence-electron chi connectivity index (χ3n) is 0.413. The molecular formula is C4H9AsCl3N. The fourth-order valence-corrected chi connectivity index (χ4v) is 5.30. The van der Waals surface area contributed by atoms with Gasteiger partial charge < -0.3 is 0 Å². The maximum absolute atomic E-state index is 5.55. The summed E-state index contributed by atoms with van der Waals surface area (Å²) in [4.78, 5) is 0. The van der Waals surface area contributed by atoms with Gasteiger partial charge in [0, 0.05) is 0 Å². The number of hydrogen-bond donors (Lipinski definition) is 0. The van der Waals surface area contributed by atoms with E-state index in [1.165, 1.54) is 0 Å². The minimum absolute atomic E-state index is 0.210. The van der Waals surface area contributed by atoms with Gasteiger partial charge in [-0.15, -0.1) is 0 Å². The van der Waals surface area contributed by atoms with E-state index in [4.69, 9.17) is 29.8 Å². The number of halogens is 3. The van der Waals surface area contributed by atoms with Crippen molar-refractivity contribution in [1.29, 1.82) is 0 Å². The minimum atomic E-state index is -3.05. The van der Waals surface area contributed by atoms with Crippen molar-refractivity contribution in [2.24, 2.45) is 3.86 Å². The van der Waals surface area contributed by atoms with E-state index in [0.29, 0.717) is 0 Å². The third-order valence-corrected chi connectivity index (χ3v) is 3.33. The van der Waals surface area contributed by atoms with Crippen molar-refractivity contribution >= 4 is 40.4 Å². The summed E-state index contributed by atoms with van der Waals surface area (Å²) in [7, 11) is 13.6. The standard InChI is InChI=1S/C4H9AsCl3N/c1-4(2,3)9-5(6,7)8/h1-3H3. The van der Waals surface area contributed by atoms with Crippen LogP contribution < -0.4 is 0 Å². The van der Waals surface area contributed by atoms with Crippen LogP contribution in [0.2, 0.25) is 0 Å². The first-order valence-electron chi connectivity index (χ1n) is 2.43. The molecule has 0 unspecified atom stereocenters. The van der Waals surface area contributed by atoms with Crippen molar-refractivity contribution in [3.8, 4) is 0 Å². The Labute approximate surface area is 70.4 Å². The molecule has 9 heavy (non-hydrogen) atoms. The molecule has 0 radical (unpaired) electrons. The molecule has 0 bridgehead atoms. The molecule has 0 spiro atoms. The third kappa shape index (κ3) is 9.23. The molecule has 0 aromatic carbocycles. The zero-order chi connectivity index (χ0) is 7.71. The molecule has 0 aliphatic rings. The Morgan fingerprint density at radius 3 is 1.44 bits per heavy atom. The van der Waals surface area contributed by atoms with Crippen molar-refractivity contribution in [3.05, 3.63) is 0 Å². The van der Waals surface area contributed by atoms with Crippen LogP contribution in [0.3, 0.4) is 0 Å². The molecular weight excluding hydrogens is 243 g/mol. The molecule has 5 heteroatoms. The Kier molecular flexibility index (Phi) is 3.51. The Morgan fingerprint density at radius 1 is 1.11 bits per heavy atom. The first kappa shape index (κ1) is 10.2. The van der Waals surface area contributed by atoms with Crippen LogP contribution in [0.5, 0.6) is 0 Å². The van der Waals surface area contributed by atoms with Gasteiger partial charge in [-0.05, 0) is 0 Å². The molecule has 0 saturated carbocycles. The van der Waals surface area contributed by atoms with E-state index in [9.17, 15) is 0 Å². The zero-order valence-corrected chi connectivity index (χ0v) is 9.67. The second kappa shape index (κ2) is 3.09. The van der Waals surface area contributed by atoms with Crippen LogP contribution in [0.15, 0.2) is 3.86 Å². The molecule has 0 fully saturated rings. The second-order valence-electron chi connectivity index (χ2n) is 2.69. The summed E-state index contributed by atoms with van der Waals surface area (Å²) in [6.07, 6.45) is 0. The fraction of sp³-hybridized carbons (Fsp3) is 1.00. The Balaban J connectivity index is 4.32. The first-order valence-corrected chi connectivity index (χ1v) is 10.7. The second-order valence-corrected chi connectivity index (χ2v) is 15.2. The molecule has 0 aromatic rings. The van der Waals surface area contributed by atoms with Crippen molar-refractivity contribution in [2.75, 3.05) is 0 Å². The van der Waals surface area contributed by atoms with Crippen LogP contribution in [-0.4, -0.2) is 16.1 Å². The van der Waals surface area contributed by atoms with Crippen LogP contribution in [0, 0.1) is 0 Å². The molecule has 0 heterocycles. The monoisotopic (exact) mass is 251 g/mol. The van der Waals surface area contributed by atoms with Crippen LogP contribution >= 0.6 is 29.8 Å². The van der Waals surface area contributed by atoms with E-state index < -0.39 is 10.5 Å². The molecule has 0 amide bonds. The first-order chi connectivity index (χ1) is 3.71. The van der Waals surface area contributed by atoms with E-state index in [2.05, 4.69) is 3.86 Å². The molecule has 0 saturated heterocycles. The van der Waals surface area contributed by atoms with Gasteiger partial charge in [0.1, 0.15) is 0 Å². The molecule has 0 aliphatic carbocycles. The van der Waals surface area contributed by atoms with Gasteiger partial charge >= 0.3 is 70.6 Å². The van der Waals surface area contributed by atoms with Gasteiger partial charge in [0.15, 0.2) is 0 Å². The molecule has 0 atom stereocenters. The van der Waals surface area contributed by atoms with Crippen LogP contribution in [0.1, 0.15) is 20.8 Å². The fourth-order valence-electron chi connectivity index (χ4n) is 0.340. The summed E-state index contributed by atoms with van der Waals surface area (Å²) in [5.74, 6) is 0. The predicted octanol–water partition coefficient (Wildman–Crippen LogP) is 3.21. The van der Waals surface area contributed by atoms with Gasteiger partial charge in [-0.25, -0.2) is 0 Å². The average molecular weight is 252 g/mol. The van der Waals surface area contributed by atoms with Gasteiger partial charge in [0.25, 0.3) is 0 Å². The summed E-state index contributed by atoms with van der Waals surface area (Å²) >= 11 is 0. The summed E-state index contributed by atoms with van der Waals surface area (Å²) in [5, 5.41) is 0. The van der Waals surface area contributed by atoms with E-state index in [0.717, 1.165) is 0 Å². The van der Waals surface area contributed by atoms with Crippen molar-refractivity contribution < 1.29 is 0 Å². The quantitative estimate of drug-likeness (QED) is 0.587. The molecule has 0 aliphatic heterocycles. The molecule has 1 nitrogen and oxygen atoms in total. The predicted molar refractivity (Wildman–Crippen MR) is 45.5 cm³/mol. The van der Waals surface area contributed by atoms with Gasteiger partial charge in [-0.2, -0.15) is 0 Å². The van der Waals surface area contributed by atoms with E-state index in [1.54, 1.807) is 0 Å². The van der Waals surface area contributed by atoms with Crippen LogP contribution in [-0.2, 0) is 0 Å². The maximum atomic E-state index is 5.55. The normalized spacial score (nSPS) is 13.6.